The molecule has 31 heavy (non-hydrogen) atoms. The number of benzene rings is 1. The molecule has 0 saturated carbocycles. The van der Waals surface area contributed by atoms with E-state index in [0.717, 1.165) is 19.3 Å². The lowest BCUT2D eigenvalue weighted by Gasteiger charge is -2.34. The Bertz CT molecular complexity index is 1130. The highest BCUT2D eigenvalue weighted by Crippen LogP contribution is 2.28. The SMILES string of the molecule is C[C@@H]1CCCN(C(=O)Cn2c(=O)oc3cc(S(=O)(=O)N4C[C@H](C)C[C@@H](C)C4)ccc32)C1. The summed E-state index contributed by atoms with van der Waals surface area (Å²) in [6.45, 7) is 8.48. The molecule has 3 atom stereocenters. The standard InChI is InChI=1S/C22H31N3O5S/c1-15-5-4-8-23(11-15)21(26)14-25-19-7-6-18(10-20(19)30-22(25)27)31(28,29)24-12-16(2)9-17(3)13-24/h6-7,10,15-17H,4-5,8-9,11-14H2,1-3H3/t15-,16-,17-/m1/s1. The van der Waals surface area contributed by atoms with E-state index in [4.69, 9.17) is 4.42 Å². The molecule has 1 amide bonds. The van der Waals surface area contributed by atoms with E-state index in [2.05, 4.69) is 20.8 Å². The van der Waals surface area contributed by atoms with E-state index in [1.807, 2.05) is 0 Å². The predicted octanol–water partition coefficient (Wildman–Crippen LogP) is 2.52. The molecule has 2 fully saturated rings. The van der Waals surface area contributed by atoms with Crippen LogP contribution in [-0.2, 0) is 21.4 Å². The van der Waals surface area contributed by atoms with Gasteiger partial charge in [0.1, 0.15) is 6.54 Å². The summed E-state index contributed by atoms with van der Waals surface area (Å²) in [5.74, 6) is 0.269. The minimum absolute atomic E-state index is 0.105. The Balaban J connectivity index is 1.60. The van der Waals surface area contributed by atoms with Crippen molar-refractivity contribution in [1.29, 1.82) is 0 Å². The van der Waals surface area contributed by atoms with Crippen LogP contribution in [0.15, 0.2) is 32.3 Å². The molecular formula is C22H31N3O5S. The van der Waals surface area contributed by atoms with Crippen LogP contribution in [0.4, 0.5) is 0 Å². The van der Waals surface area contributed by atoms with Gasteiger partial charge in [-0.2, -0.15) is 4.31 Å². The minimum Gasteiger partial charge on any atom is -0.408 e. The number of rotatable bonds is 4. The lowest BCUT2D eigenvalue weighted by atomic mass is 9.94. The molecule has 9 heteroatoms. The van der Waals surface area contributed by atoms with Crippen molar-refractivity contribution in [1.82, 2.24) is 13.8 Å². The number of likely N-dealkylation sites (tertiary alicyclic amines) is 1. The molecule has 0 radical (unpaired) electrons. The average Bonchev–Trinajstić information content (AvgIpc) is 3.01. The van der Waals surface area contributed by atoms with Gasteiger partial charge in [0.2, 0.25) is 15.9 Å². The van der Waals surface area contributed by atoms with Crippen LogP contribution in [0.1, 0.15) is 40.0 Å². The van der Waals surface area contributed by atoms with E-state index < -0.39 is 15.8 Å². The summed E-state index contributed by atoms with van der Waals surface area (Å²) in [7, 11) is -3.68. The number of carbonyl (C=O) groups is 1. The number of amides is 1. The van der Waals surface area contributed by atoms with Crippen LogP contribution in [0, 0.1) is 17.8 Å². The van der Waals surface area contributed by atoms with Gasteiger partial charge in [0.25, 0.3) is 0 Å². The maximum Gasteiger partial charge on any atom is 0.420 e. The van der Waals surface area contributed by atoms with Crippen LogP contribution in [-0.4, -0.2) is 54.3 Å². The number of piperidine rings is 2. The first-order valence-electron chi connectivity index (χ1n) is 11.1. The Hall–Kier alpha value is -2.13. The third kappa shape index (κ3) is 4.43. The van der Waals surface area contributed by atoms with E-state index in [-0.39, 0.29) is 22.9 Å². The second-order valence-corrected chi connectivity index (χ2v) is 11.4. The lowest BCUT2D eigenvalue weighted by molar-refractivity contribution is -0.133. The molecule has 0 N–H and O–H groups in total. The van der Waals surface area contributed by atoms with Crippen molar-refractivity contribution in [2.45, 2.75) is 51.5 Å². The molecule has 0 unspecified atom stereocenters. The van der Waals surface area contributed by atoms with Crippen LogP contribution >= 0.6 is 0 Å². The fourth-order valence-corrected chi connectivity index (χ4v) is 6.65. The normalized spacial score (nSPS) is 25.8. The summed E-state index contributed by atoms with van der Waals surface area (Å²) < 4.78 is 34.5. The number of fused-ring (bicyclic) bond motifs is 1. The van der Waals surface area contributed by atoms with E-state index in [9.17, 15) is 18.0 Å². The van der Waals surface area contributed by atoms with Crippen molar-refractivity contribution in [3.63, 3.8) is 0 Å². The summed E-state index contributed by atoms with van der Waals surface area (Å²) in [5.41, 5.74) is 0.617. The first-order chi connectivity index (χ1) is 14.6. The molecule has 170 valence electrons. The van der Waals surface area contributed by atoms with E-state index >= 15 is 0 Å². The lowest BCUT2D eigenvalue weighted by Crippen LogP contribution is -2.42. The third-order valence-electron chi connectivity index (χ3n) is 6.42. The summed E-state index contributed by atoms with van der Waals surface area (Å²) in [6, 6.07) is 4.47. The highest BCUT2D eigenvalue weighted by Gasteiger charge is 2.32. The summed E-state index contributed by atoms with van der Waals surface area (Å²) >= 11 is 0. The van der Waals surface area contributed by atoms with Crippen LogP contribution < -0.4 is 5.76 Å². The van der Waals surface area contributed by atoms with Gasteiger partial charge in [0, 0.05) is 32.2 Å². The van der Waals surface area contributed by atoms with Gasteiger partial charge >= 0.3 is 5.76 Å². The van der Waals surface area contributed by atoms with Gasteiger partial charge in [-0.15, -0.1) is 0 Å². The van der Waals surface area contributed by atoms with E-state index in [1.165, 1.54) is 21.0 Å². The van der Waals surface area contributed by atoms with Gasteiger partial charge in [0.15, 0.2) is 5.58 Å². The fraction of sp³-hybridized carbons (Fsp3) is 0.636. The Kier molecular flexibility index (Phi) is 6.00. The van der Waals surface area contributed by atoms with Crippen LogP contribution in [0.2, 0.25) is 0 Å². The fourth-order valence-electron chi connectivity index (χ4n) is 4.96. The van der Waals surface area contributed by atoms with Crippen molar-refractivity contribution in [3.05, 3.63) is 28.7 Å². The van der Waals surface area contributed by atoms with Gasteiger partial charge in [-0.25, -0.2) is 13.2 Å². The molecule has 2 aromatic rings. The van der Waals surface area contributed by atoms with Gasteiger partial charge in [0.05, 0.1) is 10.4 Å². The zero-order chi connectivity index (χ0) is 22.3. The molecule has 0 bridgehead atoms. The number of sulfonamides is 1. The van der Waals surface area contributed by atoms with Crippen molar-refractivity contribution in [2.75, 3.05) is 26.2 Å². The second kappa shape index (κ2) is 8.43. The highest BCUT2D eigenvalue weighted by atomic mass is 32.2. The number of carbonyl (C=O) groups excluding carboxylic acids is 1. The molecule has 2 aliphatic heterocycles. The molecule has 2 saturated heterocycles. The average molecular weight is 450 g/mol. The summed E-state index contributed by atoms with van der Waals surface area (Å²) in [5, 5.41) is 0. The van der Waals surface area contributed by atoms with Crippen molar-refractivity contribution < 1.29 is 17.6 Å². The highest BCUT2D eigenvalue weighted by molar-refractivity contribution is 7.89. The van der Waals surface area contributed by atoms with Crippen molar-refractivity contribution >= 4 is 27.0 Å². The molecule has 1 aromatic heterocycles. The second-order valence-electron chi connectivity index (χ2n) is 9.44. The van der Waals surface area contributed by atoms with Crippen molar-refractivity contribution in [2.24, 2.45) is 17.8 Å². The maximum atomic E-state index is 13.2. The Morgan fingerprint density at radius 1 is 1.10 bits per heavy atom. The van der Waals surface area contributed by atoms with Crippen LogP contribution in [0.5, 0.6) is 0 Å². The zero-order valence-electron chi connectivity index (χ0n) is 18.4. The monoisotopic (exact) mass is 449 g/mol. The molecule has 1 aromatic carbocycles. The van der Waals surface area contributed by atoms with Gasteiger partial charge in [-0.3, -0.25) is 9.36 Å². The molecule has 8 nitrogen and oxygen atoms in total. The molecular weight excluding hydrogens is 418 g/mol. The predicted molar refractivity (Wildman–Crippen MR) is 117 cm³/mol. The Labute approximate surface area is 182 Å². The first-order valence-corrected chi connectivity index (χ1v) is 12.5. The van der Waals surface area contributed by atoms with E-state index in [1.54, 1.807) is 11.0 Å². The zero-order valence-corrected chi connectivity index (χ0v) is 19.2. The number of aromatic nitrogens is 1. The molecule has 2 aliphatic rings. The minimum atomic E-state index is -3.68. The maximum absolute atomic E-state index is 13.2. The van der Waals surface area contributed by atoms with Gasteiger partial charge in [-0.1, -0.05) is 20.8 Å². The Morgan fingerprint density at radius 3 is 2.48 bits per heavy atom. The van der Waals surface area contributed by atoms with Crippen molar-refractivity contribution in [3.8, 4) is 0 Å². The van der Waals surface area contributed by atoms with Crippen LogP contribution in [0.25, 0.3) is 11.1 Å². The van der Waals surface area contributed by atoms with Crippen LogP contribution in [0.3, 0.4) is 0 Å². The summed E-state index contributed by atoms with van der Waals surface area (Å²) in [4.78, 5) is 27.1. The van der Waals surface area contributed by atoms with Gasteiger partial charge in [-0.05, 0) is 49.1 Å². The molecule has 3 heterocycles. The number of hydrogen-bond acceptors (Lipinski definition) is 5. The quantitative estimate of drug-likeness (QED) is 0.715. The number of nitrogens with zero attached hydrogens (tertiary/aromatic N) is 3. The molecule has 0 spiro atoms. The number of oxazole rings is 1. The van der Waals surface area contributed by atoms with E-state index in [0.29, 0.717) is 49.4 Å². The first kappa shape index (κ1) is 22.1. The smallest absolute Gasteiger partial charge is 0.408 e. The molecule has 0 aliphatic carbocycles. The third-order valence-corrected chi connectivity index (χ3v) is 8.24. The topological polar surface area (TPSA) is 92.8 Å². The number of hydrogen-bond donors (Lipinski definition) is 0. The Morgan fingerprint density at radius 2 is 1.81 bits per heavy atom. The summed E-state index contributed by atoms with van der Waals surface area (Å²) in [6.07, 6.45) is 3.07. The largest absolute Gasteiger partial charge is 0.420 e. The molecule has 4 rings (SSSR count). The van der Waals surface area contributed by atoms with Gasteiger partial charge < -0.3 is 9.32 Å².